The summed E-state index contributed by atoms with van der Waals surface area (Å²) in [5.41, 5.74) is -0.537. The number of rotatable bonds is 11. The largest absolute Gasteiger partial charge is 0.480 e. The molecule has 0 aliphatic heterocycles. The van der Waals surface area contributed by atoms with Crippen LogP contribution in [-0.4, -0.2) is 87.9 Å². The molecule has 5 aliphatic carbocycles. The molecule has 5 rings (SSSR count). The van der Waals surface area contributed by atoms with Gasteiger partial charge in [-0.1, -0.05) is 65.7 Å². The molecule has 0 heterocycles. The van der Waals surface area contributed by atoms with Gasteiger partial charge in [0.2, 0.25) is 0 Å². The Kier molecular flexibility index (Phi) is 19.3. The van der Waals surface area contributed by atoms with Crippen molar-refractivity contribution in [1.29, 1.82) is 0 Å². The van der Waals surface area contributed by atoms with Crippen molar-refractivity contribution in [3.05, 3.63) is 0 Å². The van der Waals surface area contributed by atoms with Crippen LogP contribution < -0.4 is 16.0 Å². The molecule has 0 bridgehead atoms. The highest BCUT2D eigenvalue weighted by atomic mass is 16.6. The van der Waals surface area contributed by atoms with Gasteiger partial charge in [0.15, 0.2) is 0 Å². The van der Waals surface area contributed by atoms with Gasteiger partial charge in [0.25, 0.3) is 0 Å². The summed E-state index contributed by atoms with van der Waals surface area (Å²) in [4.78, 5) is 68.7. The fourth-order valence-corrected chi connectivity index (χ4v) is 7.95. The first kappa shape index (κ1) is 45.6. The van der Waals surface area contributed by atoms with E-state index in [0.29, 0.717) is 0 Å². The molecule has 0 aromatic rings. The predicted octanol–water partition coefficient (Wildman–Crippen LogP) is 7.53. The third-order valence-corrected chi connectivity index (χ3v) is 11.4. The van der Waals surface area contributed by atoms with E-state index in [1.165, 1.54) is 6.42 Å². The standard InChI is InChI=1S/C15H25NO4.C14H23NO4.C11H19NO4/c17-14(18)13(11-7-3-1-4-8-11)16-15(19)20-12-9-5-2-6-10-12;16-13(17)12(10-6-2-1-3-7-10)15-14(18)19-11-8-4-5-9-11;1-11(2,3)8(9(13)14)12-10(15)16-7-5-4-6-7/h11-13H,1-10H2,(H,16,19)(H,17,18);10-12H,1-9H2,(H,15,18)(H,16,17);7-8H,4-6H2,1-3H3,(H,12,15)(H,13,14)/t13-;12-;8-/m001/s1. The Balaban J connectivity index is 0.000000223. The van der Waals surface area contributed by atoms with E-state index in [2.05, 4.69) is 16.0 Å². The molecule has 15 heteroatoms. The zero-order valence-electron chi connectivity index (χ0n) is 33.2. The van der Waals surface area contributed by atoms with Gasteiger partial charge in [-0.05, 0) is 114 Å². The molecular weight excluding hydrogens is 714 g/mol. The van der Waals surface area contributed by atoms with Gasteiger partial charge in [-0.2, -0.15) is 0 Å². The smallest absolute Gasteiger partial charge is 0.408 e. The number of carbonyl (C=O) groups is 6. The van der Waals surface area contributed by atoms with Crippen LogP contribution in [0.2, 0.25) is 0 Å². The van der Waals surface area contributed by atoms with Crippen molar-refractivity contribution in [1.82, 2.24) is 16.0 Å². The number of carbonyl (C=O) groups excluding carboxylic acids is 3. The van der Waals surface area contributed by atoms with E-state index in [9.17, 15) is 39.0 Å². The van der Waals surface area contributed by atoms with Crippen LogP contribution >= 0.6 is 0 Å². The van der Waals surface area contributed by atoms with Gasteiger partial charge < -0.3 is 45.5 Å². The molecule has 15 nitrogen and oxygen atoms in total. The lowest BCUT2D eigenvalue weighted by Gasteiger charge is -2.30. The van der Waals surface area contributed by atoms with Gasteiger partial charge >= 0.3 is 36.2 Å². The molecule has 5 saturated carbocycles. The van der Waals surface area contributed by atoms with E-state index in [1.54, 1.807) is 20.8 Å². The highest BCUT2D eigenvalue weighted by Crippen LogP contribution is 2.29. The molecule has 314 valence electrons. The van der Waals surface area contributed by atoms with Crippen LogP contribution in [0.5, 0.6) is 0 Å². The minimum Gasteiger partial charge on any atom is -0.480 e. The molecule has 0 aromatic heterocycles. The lowest BCUT2D eigenvalue weighted by molar-refractivity contribution is -0.142. The van der Waals surface area contributed by atoms with E-state index in [4.69, 9.17) is 19.3 Å². The first-order chi connectivity index (χ1) is 26.1. The van der Waals surface area contributed by atoms with Crippen LogP contribution in [-0.2, 0) is 28.6 Å². The number of carboxylic acid groups (broad SMARTS) is 3. The monoisotopic (exact) mass is 781 g/mol. The van der Waals surface area contributed by atoms with Crippen LogP contribution in [0.15, 0.2) is 0 Å². The first-order valence-corrected chi connectivity index (χ1v) is 20.7. The molecule has 0 radical (unpaired) electrons. The van der Waals surface area contributed by atoms with Crippen molar-refractivity contribution < 1.29 is 58.3 Å². The number of ether oxygens (including phenoxy) is 3. The van der Waals surface area contributed by atoms with Crippen molar-refractivity contribution in [2.45, 2.75) is 198 Å². The minimum absolute atomic E-state index is 0.0270. The Labute approximate surface area is 325 Å². The zero-order chi connectivity index (χ0) is 40.4. The number of nitrogens with one attached hydrogen (secondary N) is 3. The first-order valence-electron chi connectivity index (χ1n) is 20.7. The van der Waals surface area contributed by atoms with E-state index in [1.807, 2.05) is 0 Å². The average molecular weight is 782 g/mol. The molecule has 5 fully saturated rings. The van der Waals surface area contributed by atoms with E-state index in [0.717, 1.165) is 135 Å². The number of alkyl carbamates (subject to hydrolysis) is 3. The quantitative estimate of drug-likeness (QED) is 0.112. The van der Waals surface area contributed by atoms with Crippen LogP contribution in [0.3, 0.4) is 0 Å². The van der Waals surface area contributed by atoms with Gasteiger partial charge in [0.1, 0.15) is 36.4 Å². The van der Waals surface area contributed by atoms with Crippen molar-refractivity contribution in [2.75, 3.05) is 0 Å². The molecule has 0 unspecified atom stereocenters. The Morgan fingerprint density at radius 3 is 1.00 bits per heavy atom. The third-order valence-electron chi connectivity index (χ3n) is 11.4. The molecule has 3 atom stereocenters. The summed E-state index contributed by atoms with van der Waals surface area (Å²) >= 11 is 0. The van der Waals surface area contributed by atoms with Crippen molar-refractivity contribution in [3.63, 3.8) is 0 Å². The molecule has 5 aliphatic rings. The highest BCUT2D eigenvalue weighted by Gasteiger charge is 2.35. The number of hydrogen-bond donors (Lipinski definition) is 6. The van der Waals surface area contributed by atoms with E-state index in [-0.39, 0.29) is 30.1 Å². The molecule has 0 aromatic carbocycles. The minimum atomic E-state index is -1.04. The second-order valence-electron chi connectivity index (χ2n) is 16.9. The van der Waals surface area contributed by atoms with Crippen molar-refractivity contribution in [3.8, 4) is 0 Å². The Bertz CT molecular complexity index is 1230. The summed E-state index contributed by atoms with van der Waals surface area (Å²) in [6, 6.07) is -2.53. The van der Waals surface area contributed by atoms with Gasteiger partial charge in [-0.15, -0.1) is 0 Å². The van der Waals surface area contributed by atoms with Crippen LogP contribution in [0.4, 0.5) is 14.4 Å². The number of aliphatic carboxylic acids is 3. The number of amides is 3. The van der Waals surface area contributed by atoms with Crippen LogP contribution in [0, 0.1) is 17.3 Å². The zero-order valence-corrected chi connectivity index (χ0v) is 33.2. The number of carboxylic acids is 3. The maximum Gasteiger partial charge on any atom is 0.408 e. The maximum absolute atomic E-state index is 11.9. The van der Waals surface area contributed by atoms with E-state index < -0.39 is 59.7 Å². The average Bonchev–Trinajstić information content (AvgIpc) is 3.64. The SMILES string of the molecule is CC(C)(C)[C@H](NC(=O)OC1CCC1)C(=O)O.O=C(N[C@H](C(=O)O)C1CCCCC1)OC1CCCC1.O=C(N[C@H](C(=O)O)C1CCCCC1)OC1CCCCC1. The summed E-state index contributed by atoms with van der Waals surface area (Å²) in [7, 11) is 0. The Morgan fingerprint density at radius 2 is 0.727 bits per heavy atom. The summed E-state index contributed by atoms with van der Waals surface area (Å²) in [5.74, 6) is -2.85. The van der Waals surface area contributed by atoms with Gasteiger partial charge in [-0.3, -0.25) is 0 Å². The summed E-state index contributed by atoms with van der Waals surface area (Å²) < 4.78 is 15.7. The summed E-state index contributed by atoms with van der Waals surface area (Å²) in [6.07, 6.45) is 20.1. The third kappa shape index (κ3) is 16.9. The van der Waals surface area contributed by atoms with Crippen molar-refractivity contribution >= 4 is 36.2 Å². The Hall–Kier alpha value is -3.78. The fraction of sp³-hybridized carbons (Fsp3) is 0.850. The molecule has 6 N–H and O–H groups in total. The lowest BCUT2D eigenvalue weighted by atomic mass is 9.84. The molecular formula is C40H67N3O12. The predicted molar refractivity (Wildman–Crippen MR) is 202 cm³/mol. The molecule has 0 spiro atoms. The van der Waals surface area contributed by atoms with Crippen LogP contribution in [0.1, 0.15) is 162 Å². The molecule has 3 amide bonds. The topological polar surface area (TPSA) is 227 Å². The number of hydrogen-bond acceptors (Lipinski definition) is 9. The maximum atomic E-state index is 11.9. The summed E-state index contributed by atoms with van der Waals surface area (Å²) in [6.45, 7) is 5.28. The second kappa shape index (κ2) is 23.3. The lowest BCUT2D eigenvalue weighted by Crippen LogP contribution is -2.50. The second-order valence-corrected chi connectivity index (χ2v) is 16.9. The van der Waals surface area contributed by atoms with E-state index >= 15 is 0 Å². The van der Waals surface area contributed by atoms with Crippen molar-refractivity contribution in [2.24, 2.45) is 17.3 Å². The normalized spacial score (nSPS) is 21.7. The fourth-order valence-electron chi connectivity index (χ4n) is 7.95. The summed E-state index contributed by atoms with van der Waals surface area (Å²) in [5, 5.41) is 35.1. The van der Waals surface area contributed by atoms with Crippen LogP contribution in [0.25, 0.3) is 0 Å². The van der Waals surface area contributed by atoms with Gasteiger partial charge in [-0.25, -0.2) is 28.8 Å². The molecule has 55 heavy (non-hydrogen) atoms. The van der Waals surface area contributed by atoms with Gasteiger partial charge in [0, 0.05) is 0 Å². The molecule has 0 saturated heterocycles. The van der Waals surface area contributed by atoms with Gasteiger partial charge in [0.05, 0.1) is 0 Å². The Morgan fingerprint density at radius 1 is 0.436 bits per heavy atom. The highest BCUT2D eigenvalue weighted by molar-refractivity contribution is 5.81.